The first-order valence-electron chi connectivity index (χ1n) is 5.99. The van der Waals surface area contributed by atoms with E-state index in [1.165, 1.54) is 12.3 Å². The van der Waals surface area contributed by atoms with E-state index in [-0.39, 0.29) is 11.6 Å². The number of ether oxygens (including phenoxy) is 1. The summed E-state index contributed by atoms with van der Waals surface area (Å²) in [5.74, 6) is 0. The Hall–Kier alpha value is -1.30. The zero-order chi connectivity index (χ0) is 14.7. The number of nitrogens with one attached hydrogen (secondary N) is 1. The summed E-state index contributed by atoms with van der Waals surface area (Å²) in [4.78, 5) is 3.40. The summed E-state index contributed by atoms with van der Waals surface area (Å²) in [5, 5.41) is 3.10. The highest BCUT2D eigenvalue weighted by Crippen LogP contribution is 2.28. The predicted octanol–water partition coefficient (Wildman–Crippen LogP) is 3.72. The molecule has 1 heterocycles. The Labute approximate surface area is 111 Å². The van der Waals surface area contributed by atoms with Crippen LogP contribution in [0.1, 0.15) is 32.9 Å². The molecule has 0 aliphatic carbocycles. The lowest BCUT2D eigenvalue weighted by Gasteiger charge is -2.27. The van der Waals surface area contributed by atoms with Crippen LogP contribution in [0, 0.1) is 0 Å². The Bertz CT molecular complexity index is 401. The van der Waals surface area contributed by atoms with E-state index in [0.29, 0.717) is 5.69 Å². The summed E-state index contributed by atoms with van der Waals surface area (Å²) in [7, 11) is 1.63. The Kier molecular flexibility index (Phi) is 4.79. The molecule has 1 rings (SSSR count). The van der Waals surface area contributed by atoms with E-state index in [0.717, 1.165) is 12.5 Å². The number of rotatable bonds is 5. The maximum atomic E-state index is 12.4. The van der Waals surface area contributed by atoms with Crippen LogP contribution in [0.4, 0.5) is 18.9 Å². The highest BCUT2D eigenvalue weighted by atomic mass is 19.4. The minimum atomic E-state index is -4.40. The van der Waals surface area contributed by atoms with Gasteiger partial charge in [-0.25, -0.2) is 4.98 Å². The van der Waals surface area contributed by atoms with E-state index in [1.54, 1.807) is 7.11 Å². The van der Waals surface area contributed by atoms with Crippen LogP contribution in [0.15, 0.2) is 18.3 Å². The number of halogens is 3. The van der Waals surface area contributed by atoms with Gasteiger partial charge in [-0.15, -0.1) is 0 Å². The maximum absolute atomic E-state index is 12.4. The molecule has 1 aromatic rings. The second-order valence-corrected chi connectivity index (χ2v) is 5.14. The molecular weight excluding hydrogens is 257 g/mol. The number of pyridine rings is 1. The third-order valence-electron chi connectivity index (χ3n) is 2.82. The quantitative estimate of drug-likeness (QED) is 0.890. The monoisotopic (exact) mass is 276 g/mol. The topological polar surface area (TPSA) is 34.1 Å². The van der Waals surface area contributed by atoms with Gasteiger partial charge < -0.3 is 10.1 Å². The molecule has 0 fully saturated rings. The van der Waals surface area contributed by atoms with Gasteiger partial charge in [0.2, 0.25) is 0 Å². The number of nitrogens with zero attached hydrogens (tertiary/aromatic N) is 1. The molecule has 0 spiro atoms. The van der Waals surface area contributed by atoms with Crippen molar-refractivity contribution in [2.45, 2.75) is 45.0 Å². The van der Waals surface area contributed by atoms with Gasteiger partial charge in [-0.05, 0) is 39.3 Å². The van der Waals surface area contributed by atoms with E-state index in [2.05, 4.69) is 10.3 Å². The van der Waals surface area contributed by atoms with Crippen LogP contribution in [0.5, 0.6) is 0 Å². The molecule has 0 aromatic carbocycles. The molecule has 1 N–H and O–H groups in total. The van der Waals surface area contributed by atoms with Gasteiger partial charge in [0.25, 0.3) is 0 Å². The molecule has 0 saturated heterocycles. The van der Waals surface area contributed by atoms with Gasteiger partial charge >= 0.3 is 6.18 Å². The summed E-state index contributed by atoms with van der Waals surface area (Å²) in [6.45, 7) is 5.85. The molecule has 0 bridgehead atoms. The average Bonchev–Trinajstić information content (AvgIpc) is 2.27. The highest BCUT2D eigenvalue weighted by Gasteiger charge is 2.32. The van der Waals surface area contributed by atoms with Gasteiger partial charge in [0, 0.05) is 13.2 Å². The smallest absolute Gasteiger partial charge is 0.381 e. The van der Waals surface area contributed by atoms with Crippen molar-refractivity contribution in [3.63, 3.8) is 0 Å². The zero-order valence-corrected chi connectivity index (χ0v) is 11.5. The summed E-state index contributed by atoms with van der Waals surface area (Å²) < 4.78 is 42.4. The van der Waals surface area contributed by atoms with Crippen molar-refractivity contribution in [3.8, 4) is 0 Å². The highest BCUT2D eigenvalue weighted by molar-refractivity contribution is 5.42. The molecule has 0 radical (unpaired) electrons. The molecule has 0 aliphatic rings. The molecule has 6 heteroatoms. The molecule has 108 valence electrons. The Morgan fingerprint density at radius 2 is 1.95 bits per heavy atom. The van der Waals surface area contributed by atoms with Crippen LogP contribution in [-0.4, -0.2) is 23.7 Å². The molecule has 19 heavy (non-hydrogen) atoms. The standard InChI is InChI=1S/C13H19F3N2O/c1-9(7-12(2,3)19-4)18-10-5-6-11(17-8-10)13(14,15)16/h5-6,8-9,18H,7H2,1-4H3. The van der Waals surface area contributed by atoms with Crippen molar-refractivity contribution in [3.05, 3.63) is 24.0 Å². The maximum Gasteiger partial charge on any atom is 0.433 e. The first kappa shape index (κ1) is 15.8. The summed E-state index contributed by atoms with van der Waals surface area (Å²) in [5.41, 5.74) is -0.610. The van der Waals surface area contributed by atoms with Crippen molar-refractivity contribution >= 4 is 5.69 Å². The van der Waals surface area contributed by atoms with Crippen molar-refractivity contribution in [2.75, 3.05) is 12.4 Å². The third-order valence-corrected chi connectivity index (χ3v) is 2.82. The van der Waals surface area contributed by atoms with Gasteiger partial charge in [-0.2, -0.15) is 13.2 Å². The number of anilines is 1. The normalized spacial score (nSPS) is 14.3. The molecule has 0 aliphatic heterocycles. The average molecular weight is 276 g/mol. The van der Waals surface area contributed by atoms with Gasteiger partial charge in [0.05, 0.1) is 17.5 Å². The minimum Gasteiger partial charge on any atom is -0.381 e. The van der Waals surface area contributed by atoms with Crippen molar-refractivity contribution < 1.29 is 17.9 Å². The lowest BCUT2D eigenvalue weighted by Crippen LogP contribution is -2.31. The largest absolute Gasteiger partial charge is 0.433 e. The van der Waals surface area contributed by atoms with E-state index in [4.69, 9.17) is 4.74 Å². The molecule has 3 nitrogen and oxygen atoms in total. The number of hydrogen-bond donors (Lipinski definition) is 1. The second-order valence-electron chi connectivity index (χ2n) is 5.14. The Balaban J connectivity index is 2.63. The summed E-state index contributed by atoms with van der Waals surface area (Å²) >= 11 is 0. The van der Waals surface area contributed by atoms with Crippen LogP contribution in [0.2, 0.25) is 0 Å². The number of hydrogen-bond acceptors (Lipinski definition) is 3. The summed E-state index contributed by atoms with van der Waals surface area (Å²) in [6, 6.07) is 2.41. The Morgan fingerprint density at radius 3 is 2.37 bits per heavy atom. The zero-order valence-electron chi connectivity index (χ0n) is 11.5. The lowest BCUT2D eigenvalue weighted by molar-refractivity contribution is -0.141. The number of aromatic nitrogens is 1. The van der Waals surface area contributed by atoms with E-state index in [1.807, 2.05) is 20.8 Å². The second kappa shape index (κ2) is 5.77. The minimum absolute atomic E-state index is 0.0634. The van der Waals surface area contributed by atoms with Gasteiger partial charge in [0.15, 0.2) is 0 Å². The number of alkyl halides is 3. The van der Waals surface area contributed by atoms with Gasteiger partial charge in [-0.1, -0.05) is 0 Å². The first-order chi connectivity index (χ1) is 8.64. The van der Waals surface area contributed by atoms with Crippen molar-refractivity contribution in [1.29, 1.82) is 0 Å². The molecule has 1 aromatic heterocycles. The van der Waals surface area contributed by atoms with E-state index >= 15 is 0 Å². The predicted molar refractivity (Wildman–Crippen MR) is 68.0 cm³/mol. The molecule has 1 atom stereocenters. The van der Waals surface area contributed by atoms with Crippen LogP contribution >= 0.6 is 0 Å². The fourth-order valence-electron chi connectivity index (χ4n) is 1.80. The van der Waals surface area contributed by atoms with Crippen molar-refractivity contribution in [2.24, 2.45) is 0 Å². The fraction of sp³-hybridized carbons (Fsp3) is 0.615. The van der Waals surface area contributed by atoms with Crippen LogP contribution in [0.25, 0.3) is 0 Å². The third kappa shape index (κ3) is 5.06. The lowest BCUT2D eigenvalue weighted by atomic mass is 10.00. The fourth-order valence-corrected chi connectivity index (χ4v) is 1.80. The van der Waals surface area contributed by atoms with Gasteiger partial charge in [-0.3, -0.25) is 0 Å². The summed E-state index contributed by atoms with van der Waals surface area (Å²) in [6.07, 6.45) is -2.48. The molecule has 1 unspecified atom stereocenters. The van der Waals surface area contributed by atoms with E-state index < -0.39 is 11.9 Å². The number of methoxy groups -OCH3 is 1. The Morgan fingerprint density at radius 1 is 1.32 bits per heavy atom. The molecular formula is C13H19F3N2O. The first-order valence-corrected chi connectivity index (χ1v) is 5.99. The van der Waals surface area contributed by atoms with Crippen LogP contribution < -0.4 is 5.32 Å². The van der Waals surface area contributed by atoms with Crippen molar-refractivity contribution in [1.82, 2.24) is 4.98 Å². The van der Waals surface area contributed by atoms with Crippen LogP contribution in [0.3, 0.4) is 0 Å². The SMILES string of the molecule is COC(C)(C)CC(C)Nc1ccc(C(F)(F)F)nc1. The molecule has 0 saturated carbocycles. The van der Waals surface area contributed by atoms with E-state index in [9.17, 15) is 13.2 Å². The molecule has 0 amide bonds. The van der Waals surface area contributed by atoms with Crippen LogP contribution in [-0.2, 0) is 10.9 Å². The van der Waals surface area contributed by atoms with Gasteiger partial charge in [0.1, 0.15) is 5.69 Å².